The van der Waals surface area contributed by atoms with Crippen LogP contribution in [-0.2, 0) is 16.0 Å². The highest BCUT2D eigenvalue weighted by atomic mass is 19.1. The molecule has 1 atom stereocenters. The second kappa shape index (κ2) is 9.55. The third-order valence-corrected chi connectivity index (χ3v) is 5.24. The molecule has 0 spiro atoms. The smallest absolute Gasteiger partial charge is 0.225 e. The maximum atomic E-state index is 13.2. The van der Waals surface area contributed by atoms with Crippen LogP contribution in [0.15, 0.2) is 48.5 Å². The van der Waals surface area contributed by atoms with E-state index in [2.05, 4.69) is 15.7 Å². The molecule has 0 aliphatic carbocycles. The number of nitrogens with zero attached hydrogens (tertiary/aromatic N) is 2. The fraction of sp³-hybridized carbons (Fsp3) is 0.292. The van der Waals surface area contributed by atoms with E-state index in [4.69, 9.17) is 0 Å². The predicted molar refractivity (Wildman–Crippen MR) is 119 cm³/mol. The molecule has 2 amide bonds. The Kier molecular flexibility index (Phi) is 6.84. The van der Waals surface area contributed by atoms with Crippen LogP contribution in [0, 0.1) is 19.7 Å². The van der Waals surface area contributed by atoms with Crippen molar-refractivity contribution in [2.75, 3.05) is 5.32 Å². The first-order valence-electron chi connectivity index (χ1n) is 10.3. The molecule has 0 bridgehead atoms. The van der Waals surface area contributed by atoms with E-state index in [9.17, 15) is 14.0 Å². The summed E-state index contributed by atoms with van der Waals surface area (Å²) in [6, 6.07) is 13.3. The molecule has 0 saturated carbocycles. The molecule has 162 valence electrons. The van der Waals surface area contributed by atoms with Gasteiger partial charge in [0, 0.05) is 23.4 Å². The van der Waals surface area contributed by atoms with Gasteiger partial charge in [0.05, 0.1) is 23.8 Å². The van der Waals surface area contributed by atoms with Gasteiger partial charge in [-0.25, -0.2) is 9.07 Å². The third-order valence-electron chi connectivity index (χ3n) is 5.24. The minimum atomic E-state index is -0.306. The molecule has 1 aromatic heterocycles. The lowest BCUT2D eigenvalue weighted by atomic mass is 10.1. The molecule has 0 aliphatic rings. The van der Waals surface area contributed by atoms with E-state index in [1.165, 1.54) is 12.1 Å². The van der Waals surface area contributed by atoms with Crippen LogP contribution in [0.4, 0.5) is 10.1 Å². The van der Waals surface area contributed by atoms with Crippen LogP contribution in [0.2, 0.25) is 0 Å². The Morgan fingerprint density at radius 2 is 1.68 bits per heavy atom. The number of hydrogen-bond acceptors (Lipinski definition) is 3. The van der Waals surface area contributed by atoms with Crippen molar-refractivity contribution in [2.24, 2.45) is 0 Å². The van der Waals surface area contributed by atoms with Crippen LogP contribution in [-0.4, -0.2) is 21.6 Å². The van der Waals surface area contributed by atoms with Crippen LogP contribution in [0.3, 0.4) is 0 Å². The van der Waals surface area contributed by atoms with Crippen molar-refractivity contribution in [3.63, 3.8) is 0 Å². The first-order chi connectivity index (χ1) is 14.8. The van der Waals surface area contributed by atoms with Crippen LogP contribution >= 0.6 is 0 Å². The molecule has 0 radical (unpaired) electrons. The molecule has 3 rings (SSSR count). The summed E-state index contributed by atoms with van der Waals surface area (Å²) < 4.78 is 14.9. The van der Waals surface area contributed by atoms with Gasteiger partial charge in [-0.1, -0.05) is 19.1 Å². The number of aryl methyl sites for hydroxylation is 1. The zero-order valence-electron chi connectivity index (χ0n) is 18.2. The monoisotopic (exact) mass is 422 g/mol. The second-order valence-corrected chi connectivity index (χ2v) is 7.53. The van der Waals surface area contributed by atoms with E-state index in [-0.39, 0.29) is 30.1 Å². The van der Waals surface area contributed by atoms with Gasteiger partial charge in [-0.15, -0.1) is 0 Å². The number of hydrogen-bond donors (Lipinski definition) is 2. The normalized spacial score (nSPS) is 11.8. The number of halogens is 1. The summed E-state index contributed by atoms with van der Waals surface area (Å²) in [6.07, 6.45) is 0.624. The number of carbonyl (C=O) groups is 2. The van der Waals surface area contributed by atoms with Crippen LogP contribution in [0.25, 0.3) is 5.69 Å². The quantitative estimate of drug-likeness (QED) is 0.593. The minimum Gasteiger partial charge on any atom is -0.349 e. The lowest BCUT2D eigenvalue weighted by Crippen LogP contribution is -2.28. The third kappa shape index (κ3) is 5.36. The molecule has 0 fully saturated rings. The van der Waals surface area contributed by atoms with Crippen molar-refractivity contribution < 1.29 is 14.0 Å². The zero-order chi connectivity index (χ0) is 22.5. The molecule has 3 aromatic rings. The largest absolute Gasteiger partial charge is 0.349 e. The molecular weight excluding hydrogens is 395 g/mol. The molecule has 0 saturated heterocycles. The van der Waals surface area contributed by atoms with Gasteiger partial charge in [0.1, 0.15) is 5.82 Å². The summed E-state index contributed by atoms with van der Waals surface area (Å²) in [4.78, 5) is 24.2. The molecule has 7 heteroatoms. The topological polar surface area (TPSA) is 76.0 Å². The van der Waals surface area contributed by atoms with Crippen LogP contribution in [0.5, 0.6) is 0 Å². The highest BCUT2D eigenvalue weighted by Gasteiger charge is 2.17. The van der Waals surface area contributed by atoms with Crippen molar-refractivity contribution in [1.29, 1.82) is 0 Å². The molecule has 0 aliphatic heterocycles. The van der Waals surface area contributed by atoms with E-state index in [0.29, 0.717) is 6.42 Å². The molecule has 6 nitrogen and oxygen atoms in total. The maximum Gasteiger partial charge on any atom is 0.225 e. The van der Waals surface area contributed by atoms with Crippen molar-refractivity contribution in [3.05, 3.63) is 76.9 Å². The van der Waals surface area contributed by atoms with Gasteiger partial charge < -0.3 is 10.6 Å². The average Bonchev–Trinajstić information content (AvgIpc) is 3.02. The number of rotatable bonds is 7. The first-order valence-corrected chi connectivity index (χ1v) is 10.3. The maximum absolute atomic E-state index is 13.2. The minimum absolute atomic E-state index is 0.0407. The lowest BCUT2D eigenvalue weighted by molar-refractivity contribution is -0.121. The standard InChI is InChI=1S/C24H27FN4O2/c1-5-23(30)27-20-10-6-18(7-11-20)15(2)26-24(31)14-22-16(3)28-29(17(22)4)21-12-8-19(25)9-13-21/h6-13,15H,5,14H2,1-4H3,(H,26,31)(H,27,30). The van der Waals surface area contributed by atoms with Crippen molar-refractivity contribution >= 4 is 17.5 Å². The average molecular weight is 423 g/mol. The van der Waals surface area contributed by atoms with Gasteiger partial charge in [0.15, 0.2) is 0 Å². The van der Waals surface area contributed by atoms with Gasteiger partial charge >= 0.3 is 0 Å². The molecule has 1 heterocycles. The second-order valence-electron chi connectivity index (χ2n) is 7.53. The number of anilines is 1. The number of carbonyl (C=O) groups excluding carboxylic acids is 2. The van der Waals surface area contributed by atoms with E-state index >= 15 is 0 Å². The summed E-state index contributed by atoms with van der Waals surface area (Å²) in [5.41, 5.74) is 4.89. The van der Waals surface area contributed by atoms with Crippen molar-refractivity contribution in [1.82, 2.24) is 15.1 Å². The lowest BCUT2D eigenvalue weighted by Gasteiger charge is -2.15. The Hall–Kier alpha value is -3.48. The summed E-state index contributed by atoms with van der Waals surface area (Å²) >= 11 is 0. The highest BCUT2D eigenvalue weighted by molar-refractivity contribution is 5.90. The molecule has 2 N–H and O–H groups in total. The Morgan fingerprint density at radius 3 is 2.29 bits per heavy atom. The first kappa shape index (κ1) is 22.2. The Morgan fingerprint density at radius 1 is 1.03 bits per heavy atom. The Balaban J connectivity index is 1.66. The SMILES string of the molecule is CCC(=O)Nc1ccc(C(C)NC(=O)Cc2c(C)nn(-c3ccc(F)cc3)c2C)cc1. The van der Waals surface area contributed by atoms with Crippen molar-refractivity contribution in [3.8, 4) is 5.69 Å². The number of aromatic nitrogens is 2. The van der Waals surface area contributed by atoms with Crippen LogP contribution < -0.4 is 10.6 Å². The highest BCUT2D eigenvalue weighted by Crippen LogP contribution is 2.20. The van der Waals surface area contributed by atoms with Crippen molar-refractivity contribution in [2.45, 2.75) is 46.6 Å². The summed E-state index contributed by atoms with van der Waals surface area (Å²) in [6.45, 7) is 7.48. The Labute approximate surface area is 181 Å². The fourth-order valence-corrected chi connectivity index (χ4v) is 3.41. The van der Waals surface area contributed by atoms with Gasteiger partial charge in [0.2, 0.25) is 11.8 Å². The molecular formula is C24H27FN4O2. The molecule has 31 heavy (non-hydrogen) atoms. The van der Waals surface area contributed by atoms with E-state index in [1.807, 2.05) is 45.0 Å². The van der Waals surface area contributed by atoms with E-state index < -0.39 is 0 Å². The van der Waals surface area contributed by atoms with Gasteiger partial charge in [0.25, 0.3) is 0 Å². The number of nitrogens with one attached hydrogen (secondary N) is 2. The molecule has 2 aromatic carbocycles. The van der Waals surface area contributed by atoms with Gasteiger partial charge in [-0.3, -0.25) is 9.59 Å². The fourth-order valence-electron chi connectivity index (χ4n) is 3.41. The van der Waals surface area contributed by atoms with Crippen LogP contribution in [0.1, 0.15) is 48.8 Å². The van der Waals surface area contributed by atoms with E-state index in [0.717, 1.165) is 33.9 Å². The summed E-state index contributed by atoms with van der Waals surface area (Å²) in [7, 11) is 0. The predicted octanol–water partition coefficient (Wildman–Crippen LogP) is 4.40. The van der Waals surface area contributed by atoms with Gasteiger partial charge in [-0.2, -0.15) is 5.10 Å². The van der Waals surface area contributed by atoms with E-state index in [1.54, 1.807) is 23.7 Å². The molecule has 1 unspecified atom stereocenters. The zero-order valence-corrected chi connectivity index (χ0v) is 18.2. The number of amides is 2. The number of benzene rings is 2. The Bertz CT molecular complexity index is 1070. The van der Waals surface area contributed by atoms with Gasteiger partial charge in [-0.05, 0) is 62.7 Å². The summed E-state index contributed by atoms with van der Waals surface area (Å²) in [5.74, 6) is -0.457. The summed E-state index contributed by atoms with van der Waals surface area (Å²) in [5, 5.41) is 10.3.